The zero-order valence-corrected chi connectivity index (χ0v) is 16.9. The molecule has 7 nitrogen and oxygen atoms in total. The van der Waals surface area contributed by atoms with Crippen LogP contribution < -0.4 is 15.0 Å². The summed E-state index contributed by atoms with van der Waals surface area (Å²) in [5.41, 5.74) is 0.679. The first-order chi connectivity index (χ1) is 13.5. The third-order valence-corrected chi connectivity index (χ3v) is 5.32. The molecule has 0 bridgehead atoms. The molecule has 0 saturated heterocycles. The van der Waals surface area contributed by atoms with Crippen molar-refractivity contribution >= 4 is 27.5 Å². The number of rotatable bonds is 8. The summed E-state index contributed by atoms with van der Waals surface area (Å²) in [7, 11) is 0. The summed E-state index contributed by atoms with van der Waals surface area (Å²) in [6.45, 7) is 6.49. The summed E-state index contributed by atoms with van der Waals surface area (Å²) < 4.78 is 17.3. The van der Waals surface area contributed by atoms with Crippen molar-refractivity contribution in [2.24, 2.45) is 0 Å². The molecule has 0 saturated carbocycles. The van der Waals surface area contributed by atoms with Gasteiger partial charge >= 0.3 is 5.97 Å². The molecular formula is C20H22N2O5S. The number of hydrogen-bond acceptors (Lipinski definition) is 7. The molecule has 0 aliphatic carbocycles. The number of benzene rings is 1. The minimum atomic E-state index is -0.511. The third-order valence-electron chi connectivity index (χ3n) is 4.21. The van der Waals surface area contributed by atoms with Crippen molar-refractivity contribution in [1.29, 1.82) is 0 Å². The van der Waals surface area contributed by atoms with Crippen LogP contribution in [0.1, 0.15) is 17.4 Å². The van der Waals surface area contributed by atoms with Gasteiger partial charge in [-0.1, -0.05) is 0 Å². The molecule has 0 unspecified atom stereocenters. The van der Waals surface area contributed by atoms with E-state index in [0.717, 1.165) is 16.2 Å². The Hall–Kier alpha value is -2.87. The predicted molar refractivity (Wildman–Crippen MR) is 107 cm³/mol. The molecule has 0 amide bonds. The van der Waals surface area contributed by atoms with Crippen molar-refractivity contribution in [3.63, 3.8) is 0 Å². The number of aryl methyl sites for hydroxylation is 2. The number of carbonyl (C=O) groups excluding carboxylic acids is 1. The molecule has 2 heterocycles. The van der Waals surface area contributed by atoms with Crippen LogP contribution in [0.4, 0.5) is 0 Å². The van der Waals surface area contributed by atoms with Gasteiger partial charge in [-0.15, -0.1) is 11.3 Å². The fourth-order valence-electron chi connectivity index (χ4n) is 2.68. The van der Waals surface area contributed by atoms with Gasteiger partial charge in [0.05, 0.1) is 18.3 Å². The van der Waals surface area contributed by atoms with E-state index in [-0.39, 0.29) is 25.3 Å². The Kier molecular flexibility index (Phi) is 6.30. The minimum Gasteiger partial charge on any atom is -0.494 e. The lowest BCUT2D eigenvalue weighted by Crippen LogP contribution is -2.26. The van der Waals surface area contributed by atoms with Crippen LogP contribution in [-0.4, -0.2) is 35.3 Å². The Labute approximate surface area is 166 Å². The van der Waals surface area contributed by atoms with Gasteiger partial charge < -0.3 is 14.2 Å². The summed E-state index contributed by atoms with van der Waals surface area (Å²) in [5, 5.41) is 0.566. The standard InChI is InChI=1S/C20H22N2O5S/c1-4-25-15-5-7-16(8-6-15)26-9-10-27-17(23)11-22-12-21-19-18(20(22)24)13(2)14(3)28-19/h5-8,12H,4,9-11H2,1-3H3. The van der Waals surface area contributed by atoms with Crippen molar-refractivity contribution in [3.05, 3.63) is 51.4 Å². The summed E-state index contributed by atoms with van der Waals surface area (Å²) in [6.07, 6.45) is 1.39. The summed E-state index contributed by atoms with van der Waals surface area (Å²) >= 11 is 1.47. The topological polar surface area (TPSA) is 79.7 Å². The Morgan fingerprint density at radius 1 is 1.11 bits per heavy atom. The first kappa shape index (κ1) is 19.9. The first-order valence-electron chi connectivity index (χ1n) is 8.96. The highest BCUT2D eigenvalue weighted by atomic mass is 32.1. The molecule has 0 spiro atoms. The lowest BCUT2D eigenvalue weighted by molar-refractivity contribution is -0.145. The maximum atomic E-state index is 12.6. The molecule has 8 heteroatoms. The van der Waals surface area contributed by atoms with Gasteiger partial charge in [0.25, 0.3) is 5.56 Å². The monoisotopic (exact) mass is 402 g/mol. The molecule has 1 aromatic carbocycles. The van der Waals surface area contributed by atoms with E-state index in [4.69, 9.17) is 14.2 Å². The Morgan fingerprint density at radius 3 is 2.46 bits per heavy atom. The van der Waals surface area contributed by atoms with E-state index in [9.17, 15) is 9.59 Å². The number of thiophene rings is 1. The quantitative estimate of drug-likeness (QED) is 0.426. The van der Waals surface area contributed by atoms with Gasteiger partial charge in [0.2, 0.25) is 0 Å². The molecule has 0 N–H and O–H groups in total. The second-order valence-electron chi connectivity index (χ2n) is 6.11. The number of fused-ring (bicyclic) bond motifs is 1. The molecule has 3 rings (SSSR count). The van der Waals surface area contributed by atoms with E-state index >= 15 is 0 Å². The molecule has 0 atom stereocenters. The van der Waals surface area contributed by atoms with E-state index in [1.54, 1.807) is 12.1 Å². The zero-order valence-electron chi connectivity index (χ0n) is 16.1. The molecule has 0 radical (unpaired) electrons. The van der Waals surface area contributed by atoms with Crippen LogP contribution in [0.5, 0.6) is 11.5 Å². The van der Waals surface area contributed by atoms with Crippen molar-refractivity contribution in [2.45, 2.75) is 27.3 Å². The summed E-state index contributed by atoms with van der Waals surface area (Å²) in [5.74, 6) is 0.921. The lowest BCUT2D eigenvalue weighted by atomic mass is 10.2. The van der Waals surface area contributed by atoms with Gasteiger partial charge in [0.1, 0.15) is 36.1 Å². The average Bonchev–Trinajstić information content (AvgIpc) is 2.97. The van der Waals surface area contributed by atoms with Crippen molar-refractivity contribution in [1.82, 2.24) is 9.55 Å². The molecule has 2 aromatic heterocycles. The number of ether oxygens (including phenoxy) is 3. The van der Waals surface area contributed by atoms with Crippen LogP contribution in [-0.2, 0) is 16.1 Å². The Balaban J connectivity index is 1.51. The van der Waals surface area contributed by atoms with E-state index < -0.39 is 5.97 Å². The zero-order chi connectivity index (χ0) is 20.1. The normalized spacial score (nSPS) is 10.8. The maximum absolute atomic E-state index is 12.6. The second-order valence-corrected chi connectivity index (χ2v) is 7.32. The fraction of sp³-hybridized carbons (Fsp3) is 0.350. The molecule has 148 valence electrons. The lowest BCUT2D eigenvalue weighted by Gasteiger charge is -2.09. The third kappa shape index (κ3) is 4.51. The van der Waals surface area contributed by atoms with Gasteiger partial charge in [-0.05, 0) is 50.6 Å². The molecule has 3 aromatic rings. The number of carbonyl (C=O) groups is 1. The summed E-state index contributed by atoms with van der Waals surface area (Å²) in [4.78, 5) is 30.6. The Bertz CT molecular complexity index is 1020. The van der Waals surface area contributed by atoms with Crippen LogP contribution in [0.25, 0.3) is 10.2 Å². The predicted octanol–water partition coefficient (Wildman–Crippen LogP) is 3.10. The number of hydrogen-bond donors (Lipinski definition) is 0. The molecule has 0 fully saturated rings. The van der Waals surface area contributed by atoms with E-state index in [0.29, 0.717) is 22.6 Å². The first-order valence-corrected chi connectivity index (χ1v) is 9.77. The van der Waals surface area contributed by atoms with Gasteiger partial charge in [-0.2, -0.15) is 0 Å². The van der Waals surface area contributed by atoms with Crippen LogP contribution in [0.2, 0.25) is 0 Å². The van der Waals surface area contributed by atoms with E-state index in [2.05, 4.69) is 4.98 Å². The van der Waals surface area contributed by atoms with Gasteiger partial charge in [0, 0.05) is 4.88 Å². The SMILES string of the molecule is CCOc1ccc(OCCOC(=O)Cn2cnc3sc(C)c(C)c3c2=O)cc1. The van der Waals surface area contributed by atoms with Crippen LogP contribution in [0.15, 0.2) is 35.4 Å². The average molecular weight is 402 g/mol. The highest BCUT2D eigenvalue weighted by Crippen LogP contribution is 2.25. The smallest absolute Gasteiger partial charge is 0.326 e. The summed E-state index contributed by atoms with van der Waals surface area (Å²) in [6, 6.07) is 7.21. The molecule has 28 heavy (non-hydrogen) atoms. The van der Waals surface area contributed by atoms with Crippen LogP contribution in [0.3, 0.4) is 0 Å². The largest absolute Gasteiger partial charge is 0.494 e. The number of nitrogens with zero attached hydrogens (tertiary/aromatic N) is 2. The van der Waals surface area contributed by atoms with Gasteiger partial charge in [0.15, 0.2) is 0 Å². The molecule has 0 aliphatic rings. The van der Waals surface area contributed by atoms with Gasteiger partial charge in [-0.25, -0.2) is 4.98 Å². The second kappa shape index (κ2) is 8.88. The highest BCUT2D eigenvalue weighted by molar-refractivity contribution is 7.18. The van der Waals surface area contributed by atoms with Gasteiger partial charge in [-0.3, -0.25) is 14.2 Å². The van der Waals surface area contributed by atoms with Crippen molar-refractivity contribution in [3.8, 4) is 11.5 Å². The highest BCUT2D eigenvalue weighted by Gasteiger charge is 2.14. The van der Waals surface area contributed by atoms with Crippen LogP contribution in [0, 0.1) is 13.8 Å². The Morgan fingerprint density at radius 2 is 1.79 bits per heavy atom. The van der Waals surface area contributed by atoms with E-state index in [1.807, 2.05) is 32.9 Å². The van der Waals surface area contributed by atoms with E-state index in [1.165, 1.54) is 22.2 Å². The molecule has 0 aliphatic heterocycles. The fourth-order valence-corrected chi connectivity index (χ4v) is 3.67. The minimum absolute atomic E-state index is 0.0903. The maximum Gasteiger partial charge on any atom is 0.326 e. The van der Waals surface area contributed by atoms with Crippen molar-refractivity contribution in [2.75, 3.05) is 19.8 Å². The molecular weight excluding hydrogens is 380 g/mol. The number of aromatic nitrogens is 2. The van der Waals surface area contributed by atoms with Crippen molar-refractivity contribution < 1.29 is 19.0 Å². The van der Waals surface area contributed by atoms with Crippen LogP contribution >= 0.6 is 11.3 Å². The number of esters is 1.